The number of morpholine rings is 1. The topological polar surface area (TPSA) is 88.6 Å². The summed E-state index contributed by atoms with van der Waals surface area (Å²) in [6, 6.07) is 7.76. The van der Waals surface area contributed by atoms with Gasteiger partial charge in [0.1, 0.15) is 23.7 Å². The van der Waals surface area contributed by atoms with Crippen molar-refractivity contribution in [2.45, 2.75) is 6.42 Å². The van der Waals surface area contributed by atoms with Crippen LogP contribution in [0.2, 0.25) is 5.02 Å². The van der Waals surface area contributed by atoms with Crippen LogP contribution in [0.3, 0.4) is 0 Å². The molecule has 1 amide bonds. The number of amides is 1. The van der Waals surface area contributed by atoms with Crippen LogP contribution in [-0.4, -0.2) is 60.7 Å². The SMILES string of the molecule is COc1cc2ncnc(Nc3ccc(F)c(Cl)c3)c2cc1NC(=O)/C=C/CCN1CCOCC1. The van der Waals surface area contributed by atoms with Gasteiger partial charge in [-0.05, 0) is 36.8 Å². The van der Waals surface area contributed by atoms with Gasteiger partial charge in [0.05, 0.1) is 36.6 Å². The fourth-order valence-corrected chi connectivity index (χ4v) is 3.79. The number of carbonyl (C=O) groups is 1. The zero-order valence-corrected chi connectivity index (χ0v) is 19.4. The first-order chi connectivity index (χ1) is 16.5. The van der Waals surface area contributed by atoms with E-state index in [9.17, 15) is 9.18 Å². The van der Waals surface area contributed by atoms with Gasteiger partial charge in [-0.2, -0.15) is 0 Å². The zero-order valence-electron chi connectivity index (χ0n) is 18.7. The molecule has 34 heavy (non-hydrogen) atoms. The third-order valence-electron chi connectivity index (χ3n) is 5.38. The summed E-state index contributed by atoms with van der Waals surface area (Å²) in [7, 11) is 1.52. The highest BCUT2D eigenvalue weighted by atomic mass is 35.5. The van der Waals surface area contributed by atoms with E-state index in [0.717, 1.165) is 39.3 Å². The quantitative estimate of drug-likeness (QED) is 0.457. The summed E-state index contributed by atoms with van der Waals surface area (Å²) in [4.78, 5) is 23.4. The Balaban J connectivity index is 1.49. The molecule has 0 bridgehead atoms. The van der Waals surface area contributed by atoms with Crippen molar-refractivity contribution in [2.24, 2.45) is 0 Å². The Bertz CT molecular complexity index is 1200. The number of benzene rings is 2. The van der Waals surface area contributed by atoms with Crippen LogP contribution in [-0.2, 0) is 9.53 Å². The Labute approximate surface area is 201 Å². The van der Waals surface area contributed by atoms with E-state index < -0.39 is 5.82 Å². The Hall–Kier alpha value is -3.27. The van der Waals surface area contributed by atoms with Crippen LogP contribution in [0, 0.1) is 5.82 Å². The summed E-state index contributed by atoms with van der Waals surface area (Å²) in [5.41, 5.74) is 1.66. The highest BCUT2D eigenvalue weighted by Gasteiger charge is 2.13. The molecular weight excluding hydrogens is 461 g/mol. The first-order valence-electron chi connectivity index (χ1n) is 10.9. The first-order valence-corrected chi connectivity index (χ1v) is 11.2. The smallest absolute Gasteiger partial charge is 0.248 e. The number of nitrogens with one attached hydrogen (secondary N) is 2. The molecule has 0 radical (unpaired) electrons. The molecule has 1 aromatic heterocycles. The predicted octanol–water partition coefficient (Wildman–Crippen LogP) is 4.39. The van der Waals surface area contributed by atoms with Crippen LogP contribution in [0.4, 0.5) is 21.6 Å². The molecule has 3 aromatic rings. The first kappa shape index (κ1) is 23.9. The minimum absolute atomic E-state index is 0.00149. The van der Waals surface area contributed by atoms with Gasteiger partial charge in [0.2, 0.25) is 5.91 Å². The van der Waals surface area contributed by atoms with Crippen LogP contribution in [0.1, 0.15) is 6.42 Å². The second kappa shape index (κ2) is 11.2. The number of ether oxygens (including phenoxy) is 2. The molecule has 8 nitrogen and oxygen atoms in total. The molecule has 1 aliphatic rings. The van der Waals surface area contributed by atoms with Gasteiger partial charge in [0.25, 0.3) is 0 Å². The molecule has 1 saturated heterocycles. The van der Waals surface area contributed by atoms with Crippen LogP contribution >= 0.6 is 11.6 Å². The normalized spacial score (nSPS) is 14.4. The van der Waals surface area contributed by atoms with Crippen molar-refractivity contribution in [3.05, 3.63) is 59.7 Å². The number of fused-ring (bicyclic) bond motifs is 1. The van der Waals surface area contributed by atoms with E-state index in [-0.39, 0.29) is 10.9 Å². The Kier molecular flexibility index (Phi) is 7.89. The third kappa shape index (κ3) is 5.99. The fraction of sp³-hybridized carbons (Fsp3) is 0.292. The standard InChI is InChI=1S/C24H25ClFN5O3/c1-33-22-14-20-17(24(28-15-27-20)29-16-5-6-19(26)18(25)12-16)13-21(22)30-23(32)4-2-3-7-31-8-10-34-11-9-31/h2,4-6,12-15H,3,7-11H2,1H3,(H,30,32)(H,27,28,29)/b4-2+. The van der Waals surface area contributed by atoms with Crippen LogP contribution in [0.15, 0.2) is 48.8 Å². The molecule has 2 aromatic carbocycles. The molecule has 0 spiro atoms. The molecule has 0 atom stereocenters. The van der Waals surface area contributed by atoms with Gasteiger partial charge in [-0.3, -0.25) is 9.69 Å². The number of anilines is 3. The fourth-order valence-electron chi connectivity index (χ4n) is 3.61. The number of hydrogen-bond acceptors (Lipinski definition) is 7. The molecule has 1 aliphatic heterocycles. The number of aromatic nitrogens is 2. The molecule has 0 unspecified atom stereocenters. The van der Waals surface area contributed by atoms with Crippen molar-refractivity contribution in [3.63, 3.8) is 0 Å². The van der Waals surface area contributed by atoms with Gasteiger partial charge in [-0.15, -0.1) is 0 Å². The summed E-state index contributed by atoms with van der Waals surface area (Å²) in [6.45, 7) is 4.21. The van der Waals surface area contributed by atoms with Gasteiger partial charge >= 0.3 is 0 Å². The lowest BCUT2D eigenvalue weighted by Gasteiger charge is -2.25. The largest absolute Gasteiger partial charge is 0.494 e. The summed E-state index contributed by atoms with van der Waals surface area (Å²) >= 11 is 5.89. The van der Waals surface area contributed by atoms with Crippen molar-refractivity contribution in [1.82, 2.24) is 14.9 Å². The van der Waals surface area contributed by atoms with E-state index in [1.54, 1.807) is 18.2 Å². The van der Waals surface area contributed by atoms with Crippen LogP contribution in [0.25, 0.3) is 10.9 Å². The predicted molar refractivity (Wildman–Crippen MR) is 130 cm³/mol. The molecule has 1 fully saturated rings. The second-order valence-corrected chi connectivity index (χ2v) is 8.09. The number of rotatable bonds is 8. The molecule has 0 saturated carbocycles. The highest BCUT2D eigenvalue weighted by Crippen LogP contribution is 2.33. The van der Waals surface area contributed by atoms with Gasteiger partial charge in [0, 0.05) is 36.8 Å². The maximum atomic E-state index is 13.5. The number of carbonyl (C=O) groups excluding carboxylic acids is 1. The van der Waals surface area contributed by atoms with E-state index in [1.807, 2.05) is 6.08 Å². The number of nitrogens with zero attached hydrogens (tertiary/aromatic N) is 3. The van der Waals surface area contributed by atoms with Crippen LogP contribution < -0.4 is 15.4 Å². The average molecular weight is 486 g/mol. The number of hydrogen-bond donors (Lipinski definition) is 2. The molecule has 2 heterocycles. The summed E-state index contributed by atoms with van der Waals surface area (Å²) < 4.78 is 24.3. The second-order valence-electron chi connectivity index (χ2n) is 7.68. The maximum Gasteiger partial charge on any atom is 0.248 e. The van der Waals surface area contributed by atoms with E-state index in [0.29, 0.717) is 33.8 Å². The molecule has 178 valence electrons. The van der Waals surface area contributed by atoms with Gasteiger partial charge < -0.3 is 20.1 Å². The number of methoxy groups -OCH3 is 1. The van der Waals surface area contributed by atoms with E-state index in [1.165, 1.54) is 31.6 Å². The Morgan fingerprint density at radius 3 is 2.85 bits per heavy atom. The molecule has 10 heteroatoms. The lowest BCUT2D eigenvalue weighted by Crippen LogP contribution is -2.36. The van der Waals surface area contributed by atoms with Crippen molar-refractivity contribution < 1.29 is 18.7 Å². The van der Waals surface area contributed by atoms with Crippen molar-refractivity contribution >= 4 is 45.6 Å². The monoisotopic (exact) mass is 485 g/mol. The molecule has 2 N–H and O–H groups in total. The van der Waals surface area contributed by atoms with Gasteiger partial charge in [-0.25, -0.2) is 14.4 Å². The van der Waals surface area contributed by atoms with Crippen molar-refractivity contribution in [2.75, 3.05) is 50.6 Å². The summed E-state index contributed by atoms with van der Waals surface area (Å²) in [6.07, 6.45) is 5.55. The Morgan fingerprint density at radius 1 is 1.26 bits per heavy atom. The van der Waals surface area contributed by atoms with Crippen LogP contribution in [0.5, 0.6) is 5.75 Å². The van der Waals surface area contributed by atoms with E-state index >= 15 is 0 Å². The van der Waals surface area contributed by atoms with E-state index in [4.69, 9.17) is 21.1 Å². The average Bonchev–Trinajstić information content (AvgIpc) is 2.85. The lowest BCUT2D eigenvalue weighted by molar-refractivity contribution is -0.111. The maximum absolute atomic E-state index is 13.5. The lowest BCUT2D eigenvalue weighted by atomic mass is 10.1. The molecule has 4 rings (SSSR count). The molecular formula is C24H25ClFN5O3. The summed E-state index contributed by atoms with van der Waals surface area (Å²) in [5.74, 6) is 0.174. The third-order valence-corrected chi connectivity index (χ3v) is 5.67. The summed E-state index contributed by atoms with van der Waals surface area (Å²) in [5, 5.41) is 6.63. The minimum Gasteiger partial charge on any atom is -0.494 e. The Morgan fingerprint density at radius 2 is 2.09 bits per heavy atom. The van der Waals surface area contributed by atoms with E-state index in [2.05, 4.69) is 25.5 Å². The van der Waals surface area contributed by atoms with Crippen molar-refractivity contribution in [1.29, 1.82) is 0 Å². The van der Waals surface area contributed by atoms with Gasteiger partial charge in [-0.1, -0.05) is 17.7 Å². The highest BCUT2D eigenvalue weighted by molar-refractivity contribution is 6.31. The van der Waals surface area contributed by atoms with Crippen molar-refractivity contribution in [3.8, 4) is 5.75 Å². The zero-order chi connectivity index (χ0) is 23.9. The van der Waals surface area contributed by atoms with Gasteiger partial charge in [0.15, 0.2) is 0 Å². The molecule has 0 aliphatic carbocycles. The minimum atomic E-state index is -0.507. The number of halogens is 2.